The molecule has 0 unspecified atom stereocenters. The number of anilines is 1. The second kappa shape index (κ2) is 10.9. The number of carboxylic acid groups (broad SMARTS) is 1. The maximum atomic E-state index is 12.8. The Bertz CT molecular complexity index is 1260. The fourth-order valence-corrected chi connectivity index (χ4v) is 5.64. The van der Waals surface area contributed by atoms with Gasteiger partial charge in [-0.3, -0.25) is 14.5 Å². The zero-order valence-electron chi connectivity index (χ0n) is 20.9. The molecule has 0 saturated heterocycles. The third-order valence-electron chi connectivity index (χ3n) is 7.53. The molecule has 37 heavy (non-hydrogen) atoms. The molecule has 8 heteroatoms. The number of halogens is 1. The van der Waals surface area contributed by atoms with Gasteiger partial charge in [0.15, 0.2) is 11.9 Å². The van der Waals surface area contributed by atoms with Crippen LogP contribution in [0.25, 0.3) is 0 Å². The van der Waals surface area contributed by atoms with Crippen LogP contribution in [-0.2, 0) is 16.1 Å². The van der Waals surface area contributed by atoms with Gasteiger partial charge in [0.25, 0.3) is 11.7 Å². The number of fused-ring (bicyclic) bond motifs is 1. The number of amides is 1. The fourth-order valence-electron chi connectivity index (χ4n) is 5.36. The molecular weight excluding hydrogens is 488 g/mol. The number of nitrogens with one attached hydrogen (secondary N) is 1. The topological polar surface area (TPSA) is 87.9 Å². The first-order valence-electron chi connectivity index (χ1n) is 12.7. The van der Waals surface area contributed by atoms with E-state index in [4.69, 9.17) is 16.7 Å². The van der Waals surface area contributed by atoms with Gasteiger partial charge in [0.05, 0.1) is 0 Å². The number of hydrogen-bond donors (Lipinski definition) is 2. The minimum Gasteiger partial charge on any atom is -0.481 e. The molecule has 1 saturated carbocycles. The highest BCUT2D eigenvalue weighted by Gasteiger charge is 2.35. The minimum atomic E-state index is -0.691. The molecule has 1 fully saturated rings. The predicted octanol–water partition coefficient (Wildman–Crippen LogP) is 5.40. The number of hydrogen-bond acceptors (Lipinski definition) is 5. The molecule has 1 amide bonds. The van der Waals surface area contributed by atoms with Crippen LogP contribution in [0.5, 0.6) is 0 Å². The highest BCUT2D eigenvalue weighted by molar-refractivity contribution is 6.31. The summed E-state index contributed by atoms with van der Waals surface area (Å²) in [4.78, 5) is 32.3. The van der Waals surface area contributed by atoms with E-state index in [2.05, 4.69) is 39.5 Å². The summed E-state index contributed by atoms with van der Waals surface area (Å²) in [5.41, 5.74) is 4.70. The quantitative estimate of drug-likeness (QED) is 0.480. The van der Waals surface area contributed by atoms with Gasteiger partial charge in [-0.1, -0.05) is 40.8 Å². The monoisotopic (exact) mass is 518 g/mol. The van der Waals surface area contributed by atoms with Crippen LogP contribution in [0, 0.1) is 12.8 Å². The summed E-state index contributed by atoms with van der Waals surface area (Å²) < 4.78 is 0. The molecule has 0 atom stereocenters. The van der Waals surface area contributed by atoms with Crippen molar-refractivity contribution in [1.29, 1.82) is 0 Å². The zero-order chi connectivity index (χ0) is 25.9. The van der Waals surface area contributed by atoms with E-state index in [1.54, 1.807) is 6.20 Å². The molecule has 191 valence electrons. The van der Waals surface area contributed by atoms with Crippen molar-refractivity contribution in [2.45, 2.75) is 51.5 Å². The van der Waals surface area contributed by atoms with Crippen molar-refractivity contribution in [3.8, 4) is 0 Å². The van der Waals surface area contributed by atoms with E-state index in [0.717, 1.165) is 48.3 Å². The molecule has 2 aromatic rings. The Morgan fingerprint density at radius 3 is 2.59 bits per heavy atom. The Morgan fingerprint density at radius 2 is 1.89 bits per heavy atom. The van der Waals surface area contributed by atoms with Crippen LogP contribution < -0.4 is 15.1 Å². The predicted molar refractivity (Wildman–Crippen MR) is 146 cm³/mol. The zero-order valence-corrected chi connectivity index (χ0v) is 21.6. The molecule has 2 N–H and O–H groups in total. The first-order chi connectivity index (χ1) is 17.9. The lowest BCUT2D eigenvalue weighted by Gasteiger charge is -2.28. The lowest BCUT2D eigenvalue weighted by molar-refractivity contribution is -0.138. The number of aliphatic imine (C=N–C) groups is 1. The number of benzene rings is 2. The molecule has 5 rings (SSSR count). The summed E-state index contributed by atoms with van der Waals surface area (Å²) in [6.07, 6.45) is 10.0. The maximum Gasteiger partial charge on any atom is 0.303 e. The van der Waals surface area contributed by atoms with Crippen LogP contribution in [0.15, 0.2) is 71.6 Å². The van der Waals surface area contributed by atoms with Gasteiger partial charge in [0.2, 0.25) is 6.67 Å². The van der Waals surface area contributed by atoms with E-state index < -0.39 is 5.97 Å². The van der Waals surface area contributed by atoms with Crippen molar-refractivity contribution in [2.75, 3.05) is 11.6 Å². The summed E-state index contributed by atoms with van der Waals surface area (Å²) >= 11 is 6.29. The Kier molecular flexibility index (Phi) is 7.44. The van der Waals surface area contributed by atoms with E-state index in [1.807, 2.05) is 42.3 Å². The SMILES string of the molecule is Cc1cccc(Cl)c1CNC(=O)C1=C[N+]2CN(c3ccc(C4CCC(CC(=O)O)CC4)cc3)C=CC2=N1. The number of carboxylic acids is 1. The summed E-state index contributed by atoms with van der Waals surface area (Å²) in [7, 11) is 0. The van der Waals surface area contributed by atoms with Crippen molar-refractivity contribution in [1.82, 2.24) is 10.2 Å². The second-order valence-electron chi connectivity index (χ2n) is 10.0. The molecule has 1 aliphatic carbocycles. The van der Waals surface area contributed by atoms with E-state index in [1.165, 1.54) is 5.56 Å². The van der Waals surface area contributed by atoms with Gasteiger partial charge in [-0.25, -0.2) is 0 Å². The number of nitrogens with zero attached hydrogens (tertiary/aromatic N) is 3. The Hall–Kier alpha value is -3.42. The third-order valence-corrected chi connectivity index (χ3v) is 7.89. The molecule has 3 aliphatic rings. The molecular formula is C29H31ClN4O3+. The smallest absolute Gasteiger partial charge is 0.303 e. The normalized spacial score (nSPS) is 21.3. The van der Waals surface area contributed by atoms with Crippen LogP contribution in [0.3, 0.4) is 0 Å². The Morgan fingerprint density at radius 1 is 1.14 bits per heavy atom. The van der Waals surface area contributed by atoms with Crippen molar-refractivity contribution in [3.05, 3.63) is 88.4 Å². The standard InChI is InChI=1S/C29H31ClN4O3/c1-19-3-2-4-25(30)24(19)16-31-29(37)26-17-34-18-33(14-13-27(34)32-26)23-11-9-22(10-12-23)21-7-5-20(6-8-21)15-28(35)36/h2-4,9-14,17,20-21H,5-8,15-16,18H2,1H3,(H,31,37)(H,35,36)/q+1. The molecule has 7 nitrogen and oxygen atoms in total. The van der Waals surface area contributed by atoms with Crippen LogP contribution in [0.1, 0.15) is 54.7 Å². The fraction of sp³-hybridized carbons (Fsp3) is 0.345. The lowest BCUT2D eigenvalue weighted by Crippen LogP contribution is -2.41. The summed E-state index contributed by atoms with van der Waals surface area (Å²) in [6.45, 7) is 2.89. The number of carbonyl (C=O) groups is 2. The third kappa shape index (κ3) is 5.78. The van der Waals surface area contributed by atoms with Crippen molar-refractivity contribution in [2.24, 2.45) is 10.9 Å². The van der Waals surface area contributed by atoms with Gasteiger partial charge >= 0.3 is 5.97 Å². The van der Waals surface area contributed by atoms with Gasteiger partial charge < -0.3 is 10.4 Å². The first kappa shape index (κ1) is 25.2. The summed E-state index contributed by atoms with van der Waals surface area (Å²) in [6, 6.07) is 14.3. The molecule has 2 aliphatic heterocycles. The van der Waals surface area contributed by atoms with Crippen molar-refractivity contribution < 1.29 is 14.7 Å². The van der Waals surface area contributed by atoms with E-state index >= 15 is 0 Å². The van der Waals surface area contributed by atoms with Crippen LogP contribution in [0.2, 0.25) is 5.02 Å². The van der Waals surface area contributed by atoms with Gasteiger partial charge in [0.1, 0.15) is 0 Å². The number of aryl methyl sites for hydroxylation is 1. The molecule has 0 bridgehead atoms. The Balaban J connectivity index is 1.17. The number of carbonyl (C=O) groups excluding carboxylic acids is 1. The Labute approximate surface area is 222 Å². The highest BCUT2D eigenvalue weighted by Crippen LogP contribution is 2.37. The van der Waals surface area contributed by atoms with Crippen molar-refractivity contribution in [3.63, 3.8) is 0 Å². The van der Waals surface area contributed by atoms with Crippen LogP contribution in [-0.4, -0.2) is 29.5 Å². The van der Waals surface area contributed by atoms with E-state index in [-0.39, 0.29) is 12.3 Å². The van der Waals surface area contributed by atoms with E-state index in [0.29, 0.717) is 35.8 Å². The van der Waals surface area contributed by atoms with Gasteiger partial charge in [-0.15, -0.1) is 0 Å². The largest absolute Gasteiger partial charge is 0.481 e. The minimum absolute atomic E-state index is 0.233. The molecule has 0 aromatic heterocycles. The van der Waals surface area contributed by atoms with Gasteiger partial charge in [-0.05, 0) is 79.3 Å². The maximum absolute atomic E-state index is 12.8. The van der Waals surface area contributed by atoms with Gasteiger partial charge in [0, 0.05) is 36.0 Å². The van der Waals surface area contributed by atoms with Crippen LogP contribution >= 0.6 is 11.6 Å². The molecule has 0 spiro atoms. The highest BCUT2D eigenvalue weighted by atomic mass is 35.5. The van der Waals surface area contributed by atoms with Gasteiger partial charge in [-0.2, -0.15) is 4.99 Å². The number of aliphatic carboxylic acids is 1. The number of rotatable bonds is 7. The summed E-state index contributed by atoms with van der Waals surface area (Å²) in [5.74, 6) is 0.618. The lowest BCUT2D eigenvalue weighted by atomic mass is 9.77. The summed E-state index contributed by atoms with van der Waals surface area (Å²) in [5, 5.41) is 12.6. The first-order valence-corrected chi connectivity index (χ1v) is 13.1. The second-order valence-corrected chi connectivity index (χ2v) is 10.4. The number of amidine groups is 1. The average Bonchev–Trinajstić information content (AvgIpc) is 3.32. The van der Waals surface area contributed by atoms with Crippen molar-refractivity contribution >= 4 is 35.0 Å². The van der Waals surface area contributed by atoms with Crippen LogP contribution in [0.4, 0.5) is 5.69 Å². The van der Waals surface area contributed by atoms with E-state index in [9.17, 15) is 9.59 Å². The average molecular weight is 519 g/mol. The molecule has 2 heterocycles. The molecule has 2 aromatic carbocycles. The molecule has 1 radical (unpaired) electrons.